The number of aryl methyl sites for hydroxylation is 2. The normalized spacial score (nSPS) is 11.7. The lowest BCUT2D eigenvalue weighted by atomic mass is 10.1. The molecule has 0 aliphatic carbocycles. The van der Waals surface area contributed by atoms with Gasteiger partial charge >= 0.3 is 0 Å². The highest BCUT2D eigenvalue weighted by Crippen LogP contribution is 2.21. The van der Waals surface area contributed by atoms with Crippen LogP contribution in [-0.2, 0) is 0 Å². The fourth-order valence-corrected chi connectivity index (χ4v) is 2.43. The Labute approximate surface area is 119 Å². The molecular weight excluding hydrogens is 310 g/mol. The average molecular weight is 324 g/mol. The van der Waals surface area contributed by atoms with Crippen molar-refractivity contribution in [3.05, 3.63) is 44.9 Å². The monoisotopic (exact) mass is 323 g/mol. The molecule has 2 aromatic rings. The Morgan fingerprint density at radius 1 is 1.28 bits per heavy atom. The highest BCUT2D eigenvalue weighted by Gasteiger charge is 2.02. The van der Waals surface area contributed by atoms with Gasteiger partial charge in [0.05, 0.1) is 11.4 Å². The van der Waals surface area contributed by atoms with E-state index in [0.717, 1.165) is 26.6 Å². The van der Waals surface area contributed by atoms with Gasteiger partial charge in [-0.2, -0.15) is 5.10 Å². The summed E-state index contributed by atoms with van der Waals surface area (Å²) in [6.45, 7) is 6.04. The summed E-state index contributed by atoms with van der Waals surface area (Å²) in [5.41, 5.74) is 6.09. The van der Waals surface area contributed by atoms with Crippen molar-refractivity contribution in [1.82, 2.24) is 4.98 Å². The Morgan fingerprint density at radius 3 is 2.50 bits per heavy atom. The molecule has 1 aromatic carbocycles. The van der Waals surface area contributed by atoms with E-state index in [9.17, 15) is 0 Å². The molecule has 0 aliphatic heterocycles. The second-order valence-corrected chi connectivity index (χ2v) is 6.10. The molecular formula is C13H14BrN3S. The van der Waals surface area contributed by atoms with Crippen LogP contribution in [0.4, 0.5) is 5.13 Å². The molecule has 0 bridgehead atoms. The summed E-state index contributed by atoms with van der Waals surface area (Å²) in [4.78, 5) is 5.60. The molecule has 0 saturated heterocycles. The predicted octanol–water partition coefficient (Wildman–Crippen LogP) is 4.36. The van der Waals surface area contributed by atoms with Crippen LogP contribution in [0.3, 0.4) is 0 Å². The third kappa shape index (κ3) is 3.17. The van der Waals surface area contributed by atoms with E-state index in [4.69, 9.17) is 0 Å². The lowest BCUT2D eigenvalue weighted by Gasteiger charge is -2.01. The van der Waals surface area contributed by atoms with Crippen molar-refractivity contribution < 1.29 is 0 Å². The Bertz CT molecular complexity index is 553. The van der Waals surface area contributed by atoms with Crippen molar-refractivity contribution in [2.24, 2.45) is 5.10 Å². The summed E-state index contributed by atoms with van der Waals surface area (Å²) >= 11 is 5.03. The molecule has 0 fully saturated rings. The smallest absolute Gasteiger partial charge is 0.203 e. The number of rotatable bonds is 3. The van der Waals surface area contributed by atoms with Crippen molar-refractivity contribution in [3.63, 3.8) is 0 Å². The van der Waals surface area contributed by atoms with Gasteiger partial charge in [-0.25, -0.2) is 4.98 Å². The maximum Gasteiger partial charge on any atom is 0.203 e. The molecule has 0 atom stereocenters. The summed E-state index contributed by atoms with van der Waals surface area (Å²) in [5.74, 6) is 0. The first-order valence-electron chi connectivity index (χ1n) is 5.56. The van der Waals surface area contributed by atoms with Gasteiger partial charge in [0, 0.05) is 9.35 Å². The number of benzene rings is 1. The Kier molecular flexibility index (Phi) is 4.14. The van der Waals surface area contributed by atoms with Crippen molar-refractivity contribution in [2.75, 3.05) is 5.43 Å². The summed E-state index contributed by atoms with van der Waals surface area (Å²) in [6, 6.07) is 8.07. The first-order chi connectivity index (χ1) is 8.56. The van der Waals surface area contributed by atoms with Crippen LogP contribution in [0.1, 0.15) is 23.1 Å². The molecule has 18 heavy (non-hydrogen) atoms. The van der Waals surface area contributed by atoms with E-state index in [-0.39, 0.29) is 0 Å². The first kappa shape index (κ1) is 13.2. The van der Waals surface area contributed by atoms with Gasteiger partial charge in [0.1, 0.15) is 0 Å². The van der Waals surface area contributed by atoms with Crippen molar-refractivity contribution in [3.8, 4) is 0 Å². The van der Waals surface area contributed by atoms with Crippen LogP contribution in [0, 0.1) is 13.8 Å². The van der Waals surface area contributed by atoms with Crippen LogP contribution in [0.5, 0.6) is 0 Å². The Morgan fingerprint density at radius 2 is 1.94 bits per heavy atom. The summed E-state index contributed by atoms with van der Waals surface area (Å²) in [5, 5.41) is 5.18. The zero-order valence-corrected chi connectivity index (χ0v) is 12.9. The highest BCUT2D eigenvalue weighted by atomic mass is 79.9. The molecule has 0 amide bonds. The van der Waals surface area contributed by atoms with E-state index >= 15 is 0 Å². The molecule has 94 valence electrons. The first-order valence-corrected chi connectivity index (χ1v) is 7.17. The molecule has 0 unspecified atom stereocenters. The molecule has 0 spiro atoms. The van der Waals surface area contributed by atoms with E-state index in [0.29, 0.717) is 0 Å². The van der Waals surface area contributed by atoms with Crippen molar-refractivity contribution in [1.29, 1.82) is 0 Å². The van der Waals surface area contributed by atoms with E-state index in [1.54, 1.807) is 11.3 Å². The number of hydrazone groups is 1. The van der Waals surface area contributed by atoms with Gasteiger partial charge in [0.15, 0.2) is 0 Å². The van der Waals surface area contributed by atoms with E-state index in [2.05, 4.69) is 38.4 Å². The van der Waals surface area contributed by atoms with Crippen molar-refractivity contribution in [2.45, 2.75) is 20.8 Å². The summed E-state index contributed by atoms with van der Waals surface area (Å²) in [7, 11) is 0. The van der Waals surface area contributed by atoms with Gasteiger partial charge in [-0.05, 0) is 38.5 Å². The Hall–Kier alpha value is -1.20. The van der Waals surface area contributed by atoms with Crippen LogP contribution >= 0.6 is 27.3 Å². The number of nitrogens with zero attached hydrogens (tertiary/aromatic N) is 2. The van der Waals surface area contributed by atoms with Gasteiger partial charge in [-0.15, -0.1) is 11.3 Å². The molecule has 3 nitrogen and oxygen atoms in total. The van der Waals surface area contributed by atoms with Crippen molar-refractivity contribution >= 4 is 38.1 Å². The number of halogens is 1. The second kappa shape index (κ2) is 5.63. The van der Waals surface area contributed by atoms with Gasteiger partial charge in [-0.1, -0.05) is 28.1 Å². The van der Waals surface area contributed by atoms with Crippen LogP contribution < -0.4 is 5.43 Å². The number of hydrogen-bond donors (Lipinski definition) is 1. The molecule has 1 aromatic heterocycles. The number of nitrogens with one attached hydrogen (secondary N) is 1. The number of hydrogen-bond acceptors (Lipinski definition) is 4. The molecule has 1 heterocycles. The zero-order valence-electron chi connectivity index (χ0n) is 10.5. The summed E-state index contributed by atoms with van der Waals surface area (Å²) in [6.07, 6.45) is 0. The minimum Gasteiger partial charge on any atom is -0.252 e. The van der Waals surface area contributed by atoms with Crippen LogP contribution in [0.25, 0.3) is 0 Å². The molecule has 2 rings (SSSR count). The van der Waals surface area contributed by atoms with Gasteiger partial charge in [-0.3, -0.25) is 5.43 Å². The third-order valence-corrected chi connectivity index (χ3v) is 4.12. The standard InChI is InChI=1S/C13H14BrN3S/c1-8-10(3)18-13(15-8)17-16-9(2)11-4-6-12(14)7-5-11/h4-7H,1-3H3,(H,15,17). The predicted molar refractivity (Wildman–Crippen MR) is 81.6 cm³/mol. The van der Waals surface area contributed by atoms with Gasteiger partial charge in [0.25, 0.3) is 0 Å². The Balaban J connectivity index is 2.11. The lowest BCUT2D eigenvalue weighted by Crippen LogP contribution is -1.99. The maximum atomic E-state index is 4.38. The number of anilines is 1. The fourth-order valence-electron chi connectivity index (χ4n) is 1.41. The minimum atomic E-state index is 0.835. The number of thiazole rings is 1. The van der Waals surface area contributed by atoms with Gasteiger partial charge in [0.2, 0.25) is 5.13 Å². The topological polar surface area (TPSA) is 37.3 Å². The van der Waals surface area contributed by atoms with Crippen LogP contribution in [0.2, 0.25) is 0 Å². The molecule has 1 N–H and O–H groups in total. The maximum absolute atomic E-state index is 4.38. The van der Waals surface area contributed by atoms with Gasteiger partial charge < -0.3 is 0 Å². The molecule has 0 radical (unpaired) electrons. The zero-order chi connectivity index (χ0) is 13.1. The highest BCUT2D eigenvalue weighted by molar-refractivity contribution is 9.10. The quantitative estimate of drug-likeness (QED) is 0.673. The lowest BCUT2D eigenvalue weighted by molar-refractivity contribution is 1.19. The SMILES string of the molecule is CC(=NNc1nc(C)c(C)s1)c1ccc(Br)cc1. The van der Waals surface area contributed by atoms with E-state index < -0.39 is 0 Å². The average Bonchev–Trinajstić information content (AvgIpc) is 2.67. The fraction of sp³-hybridized carbons (Fsp3) is 0.231. The van der Waals surface area contributed by atoms with Crippen LogP contribution in [-0.4, -0.2) is 10.7 Å². The molecule has 5 heteroatoms. The van der Waals surface area contributed by atoms with E-state index in [1.165, 1.54) is 4.88 Å². The minimum absolute atomic E-state index is 0.835. The largest absolute Gasteiger partial charge is 0.252 e. The second-order valence-electron chi connectivity index (χ2n) is 3.98. The van der Waals surface area contributed by atoms with Crippen LogP contribution in [0.15, 0.2) is 33.8 Å². The van der Waals surface area contributed by atoms with E-state index in [1.807, 2.05) is 38.1 Å². The molecule has 0 saturated carbocycles. The third-order valence-electron chi connectivity index (χ3n) is 2.61. The summed E-state index contributed by atoms with van der Waals surface area (Å²) < 4.78 is 1.07. The molecule has 0 aliphatic rings. The number of aromatic nitrogens is 1.